The summed E-state index contributed by atoms with van der Waals surface area (Å²) >= 11 is 0. The Morgan fingerprint density at radius 2 is 2.20 bits per heavy atom. The third kappa shape index (κ3) is 3.22. The first-order valence-corrected chi connectivity index (χ1v) is 4.31. The van der Waals surface area contributed by atoms with E-state index in [1.165, 1.54) is 12.3 Å². The van der Waals surface area contributed by atoms with Crippen molar-refractivity contribution in [3.05, 3.63) is 46.1 Å². The first-order valence-electron chi connectivity index (χ1n) is 4.31. The van der Waals surface area contributed by atoms with Crippen LogP contribution in [0.4, 0.5) is 5.69 Å². The molecule has 0 atom stereocenters. The largest absolute Gasteiger partial charge is 0.387 e. The molecule has 0 heterocycles. The van der Waals surface area contributed by atoms with E-state index in [4.69, 9.17) is 5.73 Å². The Morgan fingerprint density at radius 3 is 2.80 bits per heavy atom. The lowest BCUT2D eigenvalue weighted by molar-refractivity contribution is -0.385. The Labute approximate surface area is 87.1 Å². The lowest BCUT2D eigenvalue weighted by Crippen LogP contribution is -2.03. The summed E-state index contributed by atoms with van der Waals surface area (Å²) in [6.45, 7) is 1.64. The second kappa shape index (κ2) is 4.90. The van der Waals surface area contributed by atoms with Crippen molar-refractivity contribution in [1.82, 2.24) is 0 Å². The Morgan fingerprint density at radius 1 is 1.53 bits per heavy atom. The van der Waals surface area contributed by atoms with Gasteiger partial charge < -0.3 is 5.73 Å². The molecule has 1 aromatic rings. The zero-order valence-electron chi connectivity index (χ0n) is 8.25. The van der Waals surface area contributed by atoms with Crippen LogP contribution in [-0.2, 0) is 0 Å². The molecule has 0 unspecified atom stereocenters. The highest BCUT2D eigenvalue weighted by Crippen LogP contribution is 2.18. The molecular formula is C10H11N3O2. The lowest BCUT2D eigenvalue weighted by atomic mass is 10.2. The summed E-state index contributed by atoms with van der Waals surface area (Å²) in [5, 5.41) is 10.6. The fourth-order valence-electron chi connectivity index (χ4n) is 1.03. The van der Waals surface area contributed by atoms with Crippen LogP contribution in [0.3, 0.4) is 0 Å². The zero-order valence-corrected chi connectivity index (χ0v) is 8.25. The average Bonchev–Trinajstić information content (AvgIpc) is 2.17. The summed E-state index contributed by atoms with van der Waals surface area (Å²) < 4.78 is 0. The van der Waals surface area contributed by atoms with Crippen LogP contribution in [0.2, 0.25) is 0 Å². The highest BCUT2D eigenvalue weighted by molar-refractivity contribution is 5.78. The Hall–Kier alpha value is -2.17. The summed E-state index contributed by atoms with van der Waals surface area (Å²) in [6, 6.07) is 6.44. The van der Waals surface area contributed by atoms with Crippen molar-refractivity contribution < 1.29 is 4.92 Å². The zero-order chi connectivity index (χ0) is 11.3. The number of rotatable bonds is 3. The second-order valence-corrected chi connectivity index (χ2v) is 2.90. The molecule has 0 radical (unpaired) electrons. The third-order valence-electron chi connectivity index (χ3n) is 1.67. The van der Waals surface area contributed by atoms with Gasteiger partial charge in [-0.25, -0.2) is 4.99 Å². The smallest absolute Gasteiger partial charge is 0.276 e. The van der Waals surface area contributed by atoms with Crippen molar-refractivity contribution in [2.75, 3.05) is 0 Å². The predicted octanol–water partition coefficient (Wildman–Crippen LogP) is 1.94. The molecule has 0 saturated heterocycles. The number of nitro groups is 1. The highest BCUT2D eigenvalue weighted by atomic mass is 16.6. The van der Waals surface area contributed by atoms with Gasteiger partial charge in [0.2, 0.25) is 0 Å². The quantitative estimate of drug-likeness (QED) is 0.354. The standard InChI is InChI=1S/C10H11N3O2/c1-8(11)12-7-6-9-4-2-3-5-10(9)13(14)15/h2-7H,1H3,(H2,11,12). The average molecular weight is 205 g/mol. The van der Waals surface area contributed by atoms with Crippen molar-refractivity contribution in [2.45, 2.75) is 6.92 Å². The molecule has 0 fully saturated rings. The molecule has 78 valence electrons. The van der Waals surface area contributed by atoms with Gasteiger partial charge in [-0.1, -0.05) is 12.1 Å². The van der Waals surface area contributed by atoms with E-state index in [0.717, 1.165) is 0 Å². The molecule has 15 heavy (non-hydrogen) atoms. The SMILES string of the molecule is CC(N)=NC=Cc1ccccc1[N+](=O)[O-]. The summed E-state index contributed by atoms with van der Waals surface area (Å²) in [4.78, 5) is 14.0. The number of nitrogens with two attached hydrogens (primary N) is 1. The Bertz CT molecular complexity index is 420. The number of hydrogen-bond donors (Lipinski definition) is 1. The van der Waals surface area contributed by atoms with E-state index in [2.05, 4.69) is 4.99 Å². The first-order chi connectivity index (χ1) is 7.11. The van der Waals surface area contributed by atoms with Crippen LogP contribution in [0.15, 0.2) is 35.5 Å². The molecule has 5 heteroatoms. The van der Waals surface area contributed by atoms with Gasteiger partial charge in [0.15, 0.2) is 0 Å². The molecule has 0 aliphatic carbocycles. The third-order valence-corrected chi connectivity index (χ3v) is 1.67. The summed E-state index contributed by atoms with van der Waals surface area (Å²) in [5.41, 5.74) is 5.88. The molecule has 0 aliphatic heterocycles. The molecule has 1 rings (SSSR count). The normalized spacial score (nSPS) is 11.9. The number of aliphatic imine (C=N–C) groups is 1. The molecule has 0 amide bonds. The second-order valence-electron chi connectivity index (χ2n) is 2.90. The van der Waals surface area contributed by atoms with Gasteiger partial charge >= 0.3 is 0 Å². The number of nitrogens with zero attached hydrogens (tertiary/aromatic N) is 2. The van der Waals surface area contributed by atoms with E-state index in [-0.39, 0.29) is 5.69 Å². The van der Waals surface area contributed by atoms with Crippen LogP contribution >= 0.6 is 0 Å². The fourth-order valence-corrected chi connectivity index (χ4v) is 1.03. The van der Waals surface area contributed by atoms with Crippen molar-refractivity contribution >= 4 is 17.6 Å². The van der Waals surface area contributed by atoms with Crippen LogP contribution in [0.25, 0.3) is 6.08 Å². The molecule has 0 bridgehead atoms. The van der Waals surface area contributed by atoms with Crippen molar-refractivity contribution in [2.24, 2.45) is 10.7 Å². The summed E-state index contributed by atoms with van der Waals surface area (Å²) in [6.07, 6.45) is 2.99. The summed E-state index contributed by atoms with van der Waals surface area (Å²) in [7, 11) is 0. The molecule has 1 aromatic carbocycles. The number of hydrogen-bond acceptors (Lipinski definition) is 3. The van der Waals surface area contributed by atoms with Gasteiger partial charge in [0.25, 0.3) is 5.69 Å². The number of amidine groups is 1. The van der Waals surface area contributed by atoms with E-state index in [1.807, 2.05) is 0 Å². The van der Waals surface area contributed by atoms with Gasteiger partial charge in [-0.2, -0.15) is 0 Å². The van der Waals surface area contributed by atoms with Crippen LogP contribution in [0, 0.1) is 10.1 Å². The van der Waals surface area contributed by atoms with Crippen molar-refractivity contribution in [3.63, 3.8) is 0 Å². The number of nitro benzene ring substituents is 1. The topological polar surface area (TPSA) is 81.5 Å². The molecule has 0 saturated carbocycles. The lowest BCUT2D eigenvalue weighted by Gasteiger charge is -1.95. The Balaban J connectivity index is 2.99. The van der Waals surface area contributed by atoms with Gasteiger partial charge in [-0.3, -0.25) is 10.1 Å². The molecular weight excluding hydrogens is 194 g/mol. The molecule has 0 aromatic heterocycles. The first kappa shape index (κ1) is 10.9. The van der Waals surface area contributed by atoms with Gasteiger partial charge in [0, 0.05) is 12.3 Å². The number of benzene rings is 1. The monoisotopic (exact) mass is 205 g/mol. The van der Waals surface area contributed by atoms with E-state index < -0.39 is 4.92 Å². The predicted molar refractivity (Wildman–Crippen MR) is 59.4 cm³/mol. The van der Waals surface area contributed by atoms with Crippen LogP contribution in [-0.4, -0.2) is 10.8 Å². The minimum Gasteiger partial charge on any atom is -0.387 e. The van der Waals surface area contributed by atoms with E-state index in [0.29, 0.717) is 11.4 Å². The van der Waals surface area contributed by atoms with Gasteiger partial charge in [-0.05, 0) is 19.1 Å². The number of para-hydroxylation sites is 1. The fraction of sp³-hybridized carbons (Fsp3) is 0.100. The Kier molecular flexibility index (Phi) is 3.56. The van der Waals surface area contributed by atoms with Gasteiger partial charge in [-0.15, -0.1) is 0 Å². The van der Waals surface area contributed by atoms with Crippen molar-refractivity contribution in [3.8, 4) is 0 Å². The van der Waals surface area contributed by atoms with E-state index in [1.54, 1.807) is 31.2 Å². The highest BCUT2D eigenvalue weighted by Gasteiger charge is 2.08. The molecule has 2 N–H and O–H groups in total. The van der Waals surface area contributed by atoms with E-state index in [9.17, 15) is 10.1 Å². The maximum Gasteiger partial charge on any atom is 0.276 e. The van der Waals surface area contributed by atoms with Gasteiger partial charge in [0.05, 0.1) is 16.3 Å². The van der Waals surface area contributed by atoms with Crippen molar-refractivity contribution in [1.29, 1.82) is 0 Å². The van der Waals surface area contributed by atoms with Crippen LogP contribution in [0.5, 0.6) is 0 Å². The van der Waals surface area contributed by atoms with E-state index >= 15 is 0 Å². The summed E-state index contributed by atoms with van der Waals surface area (Å²) in [5.74, 6) is 0.407. The van der Waals surface area contributed by atoms with Gasteiger partial charge in [0.1, 0.15) is 0 Å². The molecule has 0 aliphatic rings. The maximum absolute atomic E-state index is 10.6. The minimum absolute atomic E-state index is 0.0543. The minimum atomic E-state index is -0.432. The van der Waals surface area contributed by atoms with Crippen LogP contribution < -0.4 is 5.73 Å². The molecule has 5 nitrogen and oxygen atoms in total. The van der Waals surface area contributed by atoms with Crippen LogP contribution in [0.1, 0.15) is 12.5 Å². The maximum atomic E-state index is 10.6. The molecule has 0 spiro atoms.